The summed E-state index contributed by atoms with van der Waals surface area (Å²) in [6, 6.07) is 7.33. The van der Waals surface area contributed by atoms with Crippen LogP contribution in [0, 0.1) is 0 Å². The molecule has 0 aliphatic carbocycles. The number of hydrogen-bond donors (Lipinski definition) is 1. The Bertz CT molecular complexity index is 921. The Hall–Kier alpha value is -2.04. The molecule has 0 radical (unpaired) electrons. The zero-order chi connectivity index (χ0) is 19.4. The van der Waals surface area contributed by atoms with Crippen LogP contribution in [0.4, 0.5) is 0 Å². The van der Waals surface area contributed by atoms with Crippen molar-refractivity contribution in [3.63, 3.8) is 0 Å². The van der Waals surface area contributed by atoms with E-state index in [4.69, 9.17) is 4.74 Å². The Kier molecular flexibility index (Phi) is 6.08. The van der Waals surface area contributed by atoms with Gasteiger partial charge in [0.2, 0.25) is 5.03 Å². The Morgan fingerprint density at radius 3 is 2.70 bits per heavy atom. The van der Waals surface area contributed by atoms with Crippen molar-refractivity contribution in [3.8, 4) is 5.75 Å². The van der Waals surface area contributed by atoms with Gasteiger partial charge in [0, 0.05) is 49.9 Å². The van der Waals surface area contributed by atoms with E-state index in [1.165, 1.54) is 15.2 Å². The summed E-state index contributed by atoms with van der Waals surface area (Å²) in [6.45, 7) is 1.06. The first-order chi connectivity index (χ1) is 12.9. The van der Waals surface area contributed by atoms with Gasteiger partial charge in [0.05, 0.1) is 12.7 Å². The first-order valence-electron chi connectivity index (χ1n) is 8.45. The molecule has 1 saturated heterocycles. The summed E-state index contributed by atoms with van der Waals surface area (Å²) in [6.07, 6.45) is 1.43. The highest BCUT2D eigenvalue weighted by Crippen LogP contribution is 2.22. The summed E-state index contributed by atoms with van der Waals surface area (Å²) >= 11 is 1.71. The van der Waals surface area contributed by atoms with Gasteiger partial charge in [-0.3, -0.25) is 9.48 Å². The number of nitrogens with one attached hydrogen (secondary N) is 1. The molecule has 1 aromatic heterocycles. The molecule has 10 heteroatoms. The number of carbonyl (C=O) groups is 1. The summed E-state index contributed by atoms with van der Waals surface area (Å²) in [7, 11) is -0.652. The number of methoxy groups -OCH3 is 1. The van der Waals surface area contributed by atoms with Crippen molar-refractivity contribution < 1.29 is 17.9 Å². The Morgan fingerprint density at radius 2 is 2.00 bits per heavy atom. The normalized spacial score (nSPS) is 15.5. The van der Waals surface area contributed by atoms with Gasteiger partial charge in [0.15, 0.2) is 0 Å². The standard InChI is InChI=1S/C17H22N4O4S2/c1-20-12-14(16(22)18-11-13-5-3-4-6-15(13)25-2)17(19-20)27(23,24)21-7-9-26-10-8-21/h3-6,12H,7-11H2,1-2H3,(H,18,22). The van der Waals surface area contributed by atoms with Gasteiger partial charge in [-0.15, -0.1) is 0 Å². The number of thioether (sulfide) groups is 1. The molecule has 0 atom stereocenters. The van der Waals surface area contributed by atoms with Crippen molar-refractivity contribution in [2.24, 2.45) is 7.05 Å². The first-order valence-corrected chi connectivity index (χ1v) is 11.0. The highest BCUT2D eigenvalue weighted by Gasteiger charge is 2.33. The van der Waals surface area contributed by atoms with Crippen LogP contribution in [0.3, 0.4) is 0 Å². The molecule has 1 aliphatic heterocycles. The Labute approximate surface area is 162 Å². The maximum Gasteiger partial charge on any atom is 0.263 e. The number of ether oxygens (including phenoxy) is 1. The van der Waals surface area contributed by atoms with Crippen LogP contribution < -0.4 is 10.1 Å². The third kappa shape index (κ3) is 4.28. The lowest BCUT2D eigenvalue weighted by Crippen LogP contribution is -2.39. The Balaban J connectivity index is 1.81. The van der Waals surface area contributed by atoms with Gasteiger partial charge in [-0.25, -0.2) is 8.42 Å². The highest BCUT2D eigenvalue weighted by atomic mass is 32.2. The number of amides is 1. The minimum Gasteiger partial charge on any atom is -0.496 e. The van der Waals surface area contributed by atoms with Gasteiger partial charge in [-0.05, 0) is 6.07 Å². The van der Waals surface area contributed by atoms with Crippen molar-refractivity contribution in [3.05, 3.63) is 41.6 Å². The van der Waals surface area contributed by atoms with Crippen LogP contribution in [0.15, 0.2) is 35.5 Å². The molecule has 3 rings (SSSR count). The smallest absolute Gasteiger partial charge is 0.263 e. The van der Waals surface area contributed by atoms with Crippen LogP contribution in [0.25, 0.3) is 0 Å². The number of sulfonamides is 1. The molecule has 1 aromatic carbocycles. The highest BCUT2D eigenvalue weighted by molar-refractivity contribution is 7.99. The fraction of sp³-hybridized carbons (Fsp3) is 0.412. The number of hydrogen-bond acceptors (Lipinski definition) is 6. The molecule has 0 spiro atoms. The molecule has 2 aromatic rings. The second-order valence-electron chi connectivity index (χ2n) is 6.03. The number of aromatic nitrogens is 2. The number of rotatable bonds is 6. The maximum atomic E-state index is 12.9. The summed E-state index contributed by atoms with van der Waals surface area (Å²) in [5.74, 6) is 1.64. The zero-order valence-electron chi connectivity index (χ0n) is 15.2. The molecule has 146 valence electrons. The summed E-state index contributed by atoms with van der Waals surface area (Å²) in [5.41, 5.74) is 0.848. The minimum atomic E-state index is -3.81. The van der Waals surface area contributed by atoms with Crippen molar-refractivity contribution >= 4 is 27.7 Å². The molecule has 0 saturated carbocycles. The number of carbonyl (C=O) groups excluding carboxylic acids is 1. The zero-order valence-corrected chi connectivity index (χ0v) is 16.8. The average Bonchev–Trinajstić information content (AvgIpc) is 3.09. The van der Waals surface area contributed by atoms with Crippen LogP contribution in [0.1, 0.15) is 15.9 Å². The summed E-state index contributed by atoms with van der Waals surface area (Å²) in [5, 5.41) is 6.62. The van der Waals surface area contributed by atoms with Gasteiger partial charge >= 0.3 is 0 Å². The molecule has 2 heterocycles. The van der Waals surface area contributed by atoms with E-state index in [2.05, 4.69) is 10.4 Å². The van der Waals surface area contributed by atoms with E-state index in [0.29, 0.717) is 18.8 Å². The summed E-state index contributed by atoms with van der Waals surface area (Å²) < 4.78 is 33.9. The average molecular weight is 411 g/mol. The molecule has 1 N–H and O–H groups in total. The van der Waals surface area contributed by atoms with Crippen molar-refractivity contribution in [2.75, 3.05) is 31.7 Å². The topological polar surface area (TPSA) is 93.5 Å². The van der Waals surface area contributed by atoms with Crippen molar-refractivity contribution in [2.45, 2.75) is 11.6 Å². The van der Waals surface area contributed by atoms with Crippen LogP contribution in [0.2, 0.25) is 0 Å². The van der Waals surface area contributed by atoms with E-state index in [-0.39, 0.29) is 17.1 Å². The second kappa shape index (κ2) is 8.32. The molecule has 1 fully saturated rings. The number of nitrogens with zero attached hydrogens (tertiary/aromatic N) is 3. The van der Waals surface area contributed by atoms with E-state index in [9.17, 15) is 13.2 Å². The lowest BCUT2D eigenvalue weighted by Gasteiger charge is -2.24. The second-order valence-corrected chi connectivity index (χ2v) is 9.11. The third-order valence-electron chi connectivity index (χ3n) is 4.23. The van der Waals surface area contributed by atoms with Gasteiger partial charge in [0.1, 0.15) is 5.75 Å². The van der Waals surface area contributed by atoms with E-state index in [1.54, 1.807) is 32.0 Å². The van der Waals surface area contributed by atoms with E-state index in [0.717, 1.165) is 17.1 Å². The van der Waals surface area contributed by atoms with Gasteiger partial charge in [-0.1, -0.05) is 18.2 Å². The van der Waals surface area contributed by atoms with Gasteiger partial charge in [-0.2, -0.15) is 21.2 Å². The molecule has 0 unspecified atom stereocenters. The molecule has 1 amide bonds. The van der Waals surface area contributed by atoms with Crippen LogP contribution >= 0.6 is 11.8 Å². The van der Waals surface area contributed by atoms with Crippen molar-refractivity contribution in [1.82, 2.24) is 19.4 Å². The summed E-state index contributed by atoms with van der Waals surface area (Å²) in [4.78, 5) is 12.7. The maximum absolute atomic E-state index is 12.9. The molecule has 27 heavy (non-hydrogen) atoms. The first kappa shape index (κ1) is 19.7. The predicted octanol–water partition coefficient (Wildman–Crippen LogP) is 1.10. The van der Waals surface area contributed by atoms with E-state index in [1.807, 2.05) is 18.2 Å². The minimum absolute atomic E-state index is 0.0469. The molecular formula is C17H22N4O4S2. The fourth-order valence-electron chi connectivity index (χ4n) is 2.84. The van der Waals surface area contributed by atoms with Crippen LogP contribution in [-0.2, 0) is 23.6 Å². The largest absolute Gasteiger partial charge is 0.496 e. The molecule has 8 nitrogen and oxygen atoms in total. The molecule has 0 bridgehead atoms. The van der Waals surface area contributed by atoms with E-state index >= 15 is 0 Å². The number of benzene rings is 1. The SMILES string of the molecule is COc1ccccc1CNC(=O)c1cn(C)nc1S(=O)(=O)N1CCSCC1. The lowest BCUT2D eigenvalue weighted by molar-refractivity contribution is 0.0947. The predicted molar refractivity (Wildman–Crippen MR) is 103 cm³/mol. The Morgan fingerprint density at radius 1 is 1.30 bits per heavy atom. The number of aryl methyl sites for hydroxylation is 1. The van der Waals surface area contributed by atoms with Crippen LogP contribution in [-0.4, -0.2) is 60.1 Å². The number of para-hydroxylation sites is 1. The monoisotopic (exact) mass is 410 g/mol. The van der Waals surface area contributed by atoms with E-state index < -0.39 is 15.9 Å². The van der Waals surface area contributed by atoms with Gasteiger partial charge in [0.25, 0.3) is 15.9 Å². The van der Waals surface area contributed by atoms with Gasteiger partial charge < -0.3 is 10.1 Å². The fourth-order valence-corrected chi connectivity index (χ4v) is 5.54. The van der Waals surface area contributed by atoms with Crippen LogP contribution in [0.5, 0.6) is 5.75 Å². The lowest BCUT2D eigenvalue weighted by atomic mass is 10.2. The third-order valence-corrected chi connectivity index (χ3v) is 7.00. The molecular weight excluding hydrogens is 388 g/mol. The van der Waals surface area contributed by atoms with Crippen molar-refractivity contribution in [1.29, 1.82) is 0 Å². The quantitative estimate of drug-likeness (QED) is 0.766. The molecule has 1 aliphatic rings.